The van der Waals surface area contributed by atoms with Crippen LogP contribution in [0.1, 0.15) is 31.2 Å². The molecule has 0 fully saturated rings. The summed E-state index contributed by atoms with van der Waals surface area (Å²) in [4.78, 5) is 14.9. The second kappa shape index (κ2) is 6.74. The lowest BCUT2D eigenvalue weighted by molar-refractivity contribution is -0.138. The van der Waals surface area contributed by atoms with Crippen molar-refractivity contribution < 1.29 is 9.90 Å². The first-order valence-corrected chi connectivity index (χ1v) is 6.54. The molecule has 2 rings (SSSR count). The number of aromatic nitrogens is 5. The molecule has 0 saturated heterocycles. The van der Waals surface area contributed by atoms with E-state index >= 15 is 0 Å². The number of hydrogen-bond donors (Lipinski definition) is 1. The molecular formula is C13H17N5O2. The second-order valence-corrected chi connectivity index (χ2v) is 4.69. The first-order chi connectivity index (χ1) is 9.69. The molecule has 0 saturated carbocycles. The molecular weight excluding hydrogens is 258 g/mol. The minimum Gasteiger partial charge on any atom is -0.481 e. The van der Waals surface area contributed by atoms with Crippen LogP contribution in [0.2, 0.25) is 0 Å². The molecule has 7 nitrogen and oxygen atoms in total. The van der Waals surface area contributed by atoms with Gasteiger partial charge in [-0.2, -0.15) is 0 Å². The van der Waals surface area contributed by atoms with E-state index in [2.05, 4.69) is 20.5 Å². The number of pyridine rings is 1. The van der Waals surface area contributed by atoms with Crippen LogP contribution in [-0.4, -0.2) is 36.3 Å². The molecule has 0 aliphatic rings. The zero-order chi connectivity index (χ0) is 14.4. The molecule has 0 radical (unpaired) electrons. The van der Waals surface area contributed by atoms with Crippen LogP contribution in [0.5, 0.6) is 0 Å². The van der Waals surface area contributed by atoms with Crippen LogP contribution in [-0.2, 0) is 17.8 Å². The first-order valence-electron chi connectivity index (χ1n) is 6.54. The predicted octanol–water partition coefficient (Wildman–Crippen LogP) is 1.16. The minimum atomic E-state index is -0.793. The fraction of sp³-hybridized carbons (Fsp3) is 0.462. The Morgan fingerprint density at radius 2 is 2.35 bits per heavy atom. The third kappa shape index (κ3) is 3.84. The van der Waals surface area contributed by atoms with E-state index in [4.69, 9.17) is 5.11 Å². The van der Waals surface area contributed by atoms with Gasteiger partial charge in [-0.1, -0.05) is 19.4 Å². The van der Waals surface area contributed by atoms with E-state index in [1.165, 1.54) is 0 Å². The summed E-state index contributed by atoms with van der Waals surface area (Å²) in [6, 6.07) is 3.82. The Morgan fingerprint density at radius 3 is 3.00 bits per heavy atom. The summed E-state index contributed by atoms with van der Waals surface area (Å²) in [5, 5.41) is 20.5. The zero-order valence-electron chi connectivity index (χ0n) is 11.3. The summed E-state index contributed by atoms with van der Waals surface area (Å²) in [6.45, 7) is 2.49. The van der Waals surface area contributed by atoms with Crippen LogP contribution >= 0.6 is 0 Å². The van der Waals surface area contributed by atoms with Crippen LogP contribution < -0.4 is 0 Å². The molecule has 0 aromatic carbocycles. The van der Waals surface area contributed by atoms with E-state index in [0.717, 1.165) is 17.8 Å². The van der Waals surface area contributed by atoms with Gasteiger partial charge in [0.15, 0.2) is 5.82 Å². The van der Waals surface area contributed by atoms with Crippen LogP contribution in [0.4, 0.5) is 0 Å². The van der Waals surface area contributed by atoms with Gasteiger partial charge in [-0.3, -0.25) is 9.78 Å². The number of carboxylic acid groups (broad SMARTS) is 1. The molecule has 2 aromatic heterocycles. The highest BCUT2D eigenvalue weighted by Crippen LogP contribution is 2.13. The van der Waals surface area contributed by atoms with E-state index in [1.807, 2.05) is 19.1 Å². The maximum atomic E-state index is 10.8. The number of hydrogen-bond acceptors (Lipinski definition) is 5. The monoisotopic (exact) mass is 275 g/mol. The first kappa shape index (κ1) is 14.1. The topological polar surface area (TPSA) is 93.8 Å². The van der Waals surface area contributed by atoms with Crippen molar-refractivity contribution in [3.8, 4) is 0 Å². The Bertz CT molecular complexity index is 555. The van der Waals surface area contributed by atoms with Crippen LogP contribution in [0.3, 0.4) is 0 Å². The summed E-state index contributed by atoms with van der Waals surface area (Å²) in [5.74, 6) is -0.0378. The molecule has 2 aromatic rings. The van der Waals surface area contributed by atoms with E-state index in [9.17, 15) is 4.79 Å². The van der Waals surface area contributed by atoms with E-state index < -0.39 is 5.97 Å². The van der Waals surface area contributed by atoms with Gasteiger partial charge in [0.05, 0.1) is 0 Å². The second-order valence-electron chi connectivity index (χ2n) is 4.69. The number of carboxylic acids is 1. The molecule has 1 N–H and O–H groups in total. The van der Waals surface area contributed by atoms with E-state index in [-0.39, 0.29) is 12.3 Å². The Morgan fingerprint density at radius 1 is 1.50 bits per heavy atom. The van der Waals surface area contributed by atoms with Gasteiger partial charge in [0.1, 0.15) is 0 Å². The smallest absolute Gasteiger partial charge is 0.303 e. The minimum absolute atomic E-state index is 0.0312. The van der Waals surface area contributed by atoms with Crippen molar-refractivity contribution in [2.75, 3.05) is 0 Å². The Labute approximate surface area is 116 Å². The standard InChI is InChI=1S/C13H17N5O2/c1-2-10(7-13(19)20)9-18-12(15-16-17-18)6-11-4-3-5-14-8-11/h3-5,8,10H,2,6-7,9H2,1H3,(H,19,20). The number of carbonyl (C=O) groups is 1. The number of aliphatic carboxylic acids is 1. The van der Waals surface area contributed by atoms with Gasteiger partial charge in [-0.05, 0) is 28.0 Å². The van der Waals surface area contributed by atoms with Gasteiger partial charge in [0, 0.05) is 31.8 Å². The highest BCUT2D eigenvalue weighted by Gasteiger charge is 2.15. The van der Waals surface area contributed by atoms with E-state index in [0.29, 0.717) is 13.0 Å². The maximum Gasteiger partial charge on any atom is 0.303 e. The van der Waals surface area contributed by atoms with Crippen molar-refractivity contribution >= 4 is 5.97 Å². The van der Waals surface area contributed by atoms with Crippen molar-refractivity contribution in [2.45, 2.75) is 32.7 Å². The highest BCUT2D eigenvalue weighted by atomic mass is 16.4. The van der Waals surface area contributed by atoms with Crippen molar-refractivity contribution in [1.29, 1.82) is 0 Å². The fourth-order valence-electron chi connectivity index (χ4n) is 2.01. The molecule has 0 amide bonds. The van der Waals surface area contributed by atoms with Gasteiger partial charge in [-0.25, -0.2) is 4.68 Å². The summed E-state index contributed by atoms with van der Waals surface area (Å²) >= 11 is 0. The predicted molar refractivity (Wildman–Crippen MR) is 70.9 cm³/mol. The van der Waals surface area contributed by atoms with Gasteiger partial charge >= 0.3 is 5.97 Å². The zero-order valence-corrected chi connectivity index (χ0v) is 11.3. The normalized spacial score (nSPS) is 12.2. The molecule has 20 heavy (non-hydrogen) atoms. The van der Waals surface area contributed by atoms with E-state index in [1.54, 1.807) is 17.1 Å². The largest absolute Gasteiger partial charge is 0.481 e. The molecule has 7 heteroatoms. The highest BCUT2D eigenvalue weighted by molar-refractivity contribution is 5.66. The molecule has 0 aliphatic carbocycles. The summed E-state index contributed by atoms with van der Waals surface area (Å²) in [6.07, 6.45) is 4.98. The SMILES string of the molecule is CCC(CC(=O)O)Cn1nnnc1Cc1cccnc1. The van der Waals surface area contributed by atoms with Gasteiger partial charge in [-0.15, -0.1) is 5.10 Å². The van der Waals surface area contributed by atoms with Gasteiger partial charge < -0.3 is 5.11 Å². The maximum absolute atomic E-state index is 10.8. The fourth-order valence-corrected chi connectivity index (χ4v) is 2.01. The molecule has 0 spiro atoms. The van der Waals surface area contributed by atoms with Gasteiger partial charge in [0.25, 0.3) is 0 Å². The van der Waals surface area contributed by atoms with Gasteiger partial charge in [0.2, 0.25) is 0 Å². The molecule has 1 unspecified atom stereocenters. The number of nitrogens with zero attached hydrogens (tertiary/aromatic N) is 5. The summed E-state index contributed by atoms with van der Waals surface area (Å²) in [7, 11) is 0. The van der Waals surface area contributed by atoms with Crippen molar-refractivity contribution in [2.24, 2.45) is 5.92 Å². The lowest BCUT2D eigenvalue weighted by Gasteiger charge is -2.12. The molecule has 0 bridgehead atoms. The Balaban J connectivity index is 2.06. The quantitative estimate of drug-likeness (QED) is 0.815. The third-order valence-corrected chi connectivity index (χ3v) is 3.16. The van der Waals surface area contributed by atoms with Crippen LogP contribution in [0.15, 0.2) is 24.5 Å². The molecule has 106 valence electrons. The summed E-state index contributed by atoms with van der Waals surface area (Å²) < 4.78 is 1.68. The molecule has 0 aliphatic heterocycles. The average molecular weight is 275 g/mol. The lowest BCUT2D eigenvalue weighted by atomic mass is 10.0. The Hall–Kier alpha value is -2.31. The number of tetrazole rings is 1. The van der Waals surface area contributed by atoms with Crippen molar-refractivity contribution in [3.05, 3.63) is 35.9 Å². The van der Waals surface area contributed by atoms with Crippen molar-refractivity contribution in [1.82, 2.24) is 25.2 Å². The average Bonchev–Trinajstić information content (AvgIpc) is 2.86. The third-order valence-electron chi connectivity index (χ3n) is 3.16. The van der Waals surface area contributed by atoms with Crippen molar-refractivity contribution in [3.63, 3.8) is 0 Å². The summed E-state index contributed by atoms with van der Waals surface area (Å²) in [5.41, 5.74) is 1.02. The van der Waals surface area contributed by atoms with Crippen LogP contribution in [0.25, 0.3) is 0 Å². The lowest BCUT2D eigenvalue weighted by Crippen LogP contribution is -2.17. The number of rotatable bonds is 7. The van der Waals surface area contributed by atoms with Crippen LogP contribution in [0, 0.1) is 5.92 Å². The Kier molecular flexibility index (Phi) is 4.75. The molecule has 2 heterocycles. The molecule has 1 atom stereocenters.